The SMILES string of the molecule is CN=C(NCCc1cccnc1)NCc1ccc(C)cc1. The first-order chi connectivity index (χ1) is 10.3. The first-order valence-electron chi connectivity index (χ1n) is 7.17. The molecule has 21 heavy (non-hydrogen) atoms. The monoisotopic (exact) mass is 282 g/mol. The number of pyridine rings is 1. The topological polar surface area (TPSA) is 49.3 Å². The van der Waals surface area contributed by atoms with Gasteiger partial charge < -0.3 is 10.6 Å². The third-order valence-corrected chi connectivity index (χ3v) is 3.23. The third kappa shape index (κ3) is 5.26. The third-order valence-electron chi connectivity index (χ3n) is 3.23. The van der Waals surface area contributed by atoms with E-state index in [-0.39, 0.29) is 0 Å². The number of guanidine groups is 1. The summed E-state index contributed by atoms with van der Waals surface area (Å²) in [5, 5.41) is 6.63. The van der Waals surface area contributed by atoms with E-state index >= 15 is 0 Å². The van der Waals surface area contributed by atoms with Crippen molar-refractivity contribution in [3.8, 4) is 0 Å². The fraction of sp³-hybridized carbons (Fsp3) is 0.294. The van der Waals surface area contributed by atoms with Crippen LogP contribution in [0.15, 0.2) is 53.8 Å². The van der Waals surface area contributed by atoms with Crippen molar-refractivity contribution in [3.05, 3.63) is 65.5 Å². The summed E-state index contributed by atoms with van der Waals surface area (Å²) in [5.74, 6) is 0.819. The molecule has 110 valence electrons. The molecule has 0 saturated carbocycles. The van der Waals surface area contributed by atoms with Crippen LogP contribution in [0.5, 0.6) is 0 Å². The second-order valence-corrected chi connectivity index (χ2v) is 4.95. The van der Waals surface area contributed by atoms with E-state index in [0.717, 1.165) is 25.5 Å². The fourth-order valence-corrected chi connectivity index (χ4v) is 1.98. The average molecular weight is 282 g/mol. The van der Waals surface area contributed by atoms with Gasteiger partial charge >= 0.3 is 0 Å². The molecule has 0 amide bonds. The molecule has 2 rings (SSSR count). The minimum atomic E-state index is 0.771. The van der Waals surface area contributed by atoms with Crippen molar-refractivity contribution in [1.29, 1.82) is 0 Å². The standard InChI is InChI=1S/C17H22N4/c1-14-5-7-16(8-6-14)13-21-17(18-2)20-11-9-15-4-3-10-19-12-15/h3-8,10,12H,9,11,13H2,1-2H3,(H2,18,20,21). The lowest BCUT2D eigenvalue weighted by Crippen LogP contribution is -2.37. The summed E-state index contributed by atoms with van der Waals surface area (Å²) in [7, 11) is 1.79. The van der Waals surface area contributed by atoms with Crippen LogP contribution in [-0.2, 0) is 13.0 Å². The van der Waals surface area contributed by atoms with Crippen LogP contribution in [0.3, 0.4) is 0 Å². The largest absolute Gasteiger partial charge is 0.356 e. The lowest BCUT2D eigenvalue weighted by Gasteiger charge is -2.12. The van der Waals surface area contributed by atoms with Gasteiger partial charge in [0, 0.05) is 32.5 Å². The van der Waals surface area contributed by atoms with Crippen LogP contribution in [0, 0.1) is 6.92 Å². The summed E-state index contributed by atoms with van der Waals surface area (Å²) in [6, 6.07) is 12.5. The van der Waals surface area contributed by atoms with Crippen molar-refractivity contribution in [3.63, 3.8) is 0 Å². The average Bonchev–Trinajstić information content (AvgIpc) is 2.53. The molecule has 0 aliphatic heterocycles. The zero-order valence-corrected chi connectivity index (χ0v) is 12.6. The summed E-state index contributed by atoms with van der Waals surface area (Å²) in [6.45, 7) is 3.70. The van der Waals surface area contributed by atoms with Crippen LogP contribution in [-0.4, -0.2) is 24.5 Å². The van der Waals surface area contributed by atoms with Crippen molar-refractivity contribution in [2.45, 2.75) is 19.9 Å². The van der Waals surface area contributed by atoms with E-state index in [2.05, 4.69) is 57.9 Å². The Morgan fingerprint density at radius 3 is 2.57 bits per heavy atom. The van der Waals surface area contributed by atoms with Gasteiger partial charge in [-0.1, -0.05) is 35.9 Å². The van der Waals surface area contributed by atoms with E-state index in [9.17, 15) is 0 Å². The number of aromatic nitrogens is 1. The number of aryl methyl sites for hydroxylation is 1. The summed E-state index contributed by atoms with van der Waals surface area (Å²) >= 11 is 0. The molecule has 0 bridgehead atoms. The minimum absolute atomic E-state index is 0.771. The molecule has 4 nitrogen and oxygen atoms in total. The maximum Gasteiger partial charge on any atom is 0.191 e. The molecule has 0 atom stereocenters. The summed E-state index contributed by atoms with van der Waals surface area (Å²) < 4.78 is 0. The molecule has 1 aromatic carbocycles. The Morgan fingerprint density at radius 2 is 1.90 bits per heavy atom. The molecule has 0 spiro atoms. The molecule has 4 heteroatoms. The second kappa shape index (κ2) is 8.04. The Balaban J connectivity index is 1.74. The molecule has 0 aliphatic rings. The van der Waals surface area contributed by atoms with Crippen molar-refractivity contribution in [1.82, 2.24) is 15.6 Å². The van der Waals surface area contributed by atoms with Gasteiger partial charge in [0.15, 0.2) is 5.96 Å². The fourth-order valence-electron chi connectivity index (χ4n) is 1.98. The predicted molar refractivity (Wildman–Crippen MR) is 87.3 cm³/mol. The summed E-state index contributed by atoms with van der Waals surface area (Å²) in [4.78, 5) is 8.34. The molecule has 0 saturated heterocycles. The molecule has 1 aromatic heterocycles. The van der Waals surface area contributed by atoms with Crippen molar-refractivity contribution in [2.75, 3.05) is 13.6 Å². The number of rotatable bonds is 5. The lowest BCUT2D eigenvalue weighted by atomic mass is 10.1. The molecule has 0 radical (unpaired) electrons. The highest BCUT2D eigenvalue weighted by Crippen LogP contribution is 2.02. The molecule has 2 aromatic rings. The molecule has 1 heterocycles. The Bertz CT molecular complexity index is 561. The van der Waals surface area contributed by atoms with Gasteiger partial charge in [0.2, 0.25) is 0 Å². The van der Waals surface area contributed by atoms with Crippen LogP contribution < -0.4 is 10.6 Å². The van der Waals surface area contributed by atoms with E-state index in [1.165, 1.54) is 16.7 Å². The van der Waals surface area contributed by atoms with Gasteiger partial charge in [-0.05, 0) is 30.5 Å². The summed E-state index contributed by atoms with van der Waals surface area (Å²) in [5.41, 5.74) is 3.74. The maximum absolute atomic E-state index is 4.23. The maximum atomic E-state index is 4.23. The first-order valence-corrected chi connectivity index (χ1v) is 7.17. The number of benzene rings is 1. The van der Waals surface area contributed by atoms with Gasteiger partial charge in [-0.2, -0.15) is 0 Å². The van der Waals surface area contributed by atoms with E-state index in [1.807, 2.05) is 12.3 Å². The van der Waals surface area contributed by atoms with Gasteiger partial charge in [0.05, 0.1) is 0 Å². The van der Waals surface area contributed by atoms with Crippen LogP contribution >= 0.6 is 0 Å². The van der Waals surface area contributed by atoms with Gasteiger partial charge in [-0.3, -0.25) is 9.98 Å². The van der Waals surface area contributed by atoms with Crippen LogP contribution in [0.2, 0.25) is 0 Å². The van der Waals surface area contributed by atoms with Crippen molar-refractivity contribution >= 4 is 5.96 Å². The number of nitrogens with zero attached hydrogens (tertiary/aromatic N) is 2. The number of aliphatic imine (C=N–C) groups is 1. The highest BCUT2D eigenvalue weighted by Gasteiger charge is 1.98. The van der Waals surface area contributed by atoms with Gasteiger partial charge in [0.1, 0.15) is 0 Å². The van der Waals surface area contributed by atoms with Crippen LogP contribution in [0.4, 0.5) is 0 Å². The summed E-state index contributed by atoms with van der Waals surface area (Å²) in [6.07, 6.45) is 4.61. The molecule has 0 fully saturated rings. The number of nitrogens with one attached hydrogen (secondary N) is 2. The van der Waals surface area contributed by atoms with Crippen LogP contribution in [0.25, 0.3) is 0 Å². The zero-order valence-electron chi connectivity index (χ0n) is 12.6. The molecule has 2 N–H and O–H groups in total. The molecular weight excluding hydrogens is 260 g/mol. The van der Waals surface area contributed by atoms with Crippen molar-refractivity contribution < 1.29 is 0 Å². The predicted octanol–water partition coefficient (Wildman–Crippen LogP) is 2.30. The Kier molecular flexibility index (Phi) is 5.76. The first kappa shape index (κ1) is 15.0. The van der Waals surface area contributed by atoms with Crippen molar-refractivity contribution in [2.24, 2.45) is 4.99 Å². The lowest BCUT2D eigenvalue weighted by molar-refractivity contribution is 0.793. The highest BCUT2D eigenvalue weighted by atomic mass is 15.2. The smallest absolute Gasteiger partial charge is 0.191 e. The number of hydrogen-bond donors (Lipinski definition) is 2. The number of hydrogen-bond acceptors (Lipinski definition) is 2. The van der Waals surface area contributed by atoms with E-state index in [4.69, 9.17) is 0 Å². The Morgan fingerprint density at radius 1 is 1.10 bits per heavy atom. The van der Waals surface area contributed by atoms with E-state index in [0.29, 0.717) is 0 Å². The Hall–Kier alpha value is -2.36. The molecular formula is C17H22N4. The van der Waals surface area contributed by atoms with Gasteiger partial charge in [-0.25, -0.2) is 0 Å². The zero-order chi connectivity index (χ0) is 14.9. The van der Waals surface area contributed by atoms with Gasteiger partial charge in [-0.15, -0.1) is 0 Å². The second-order valence-electron chi connectivity index (χ2n) is 4.95. The molecule has 0 aliphatic carbocycles. The van der Waals surface area contributed by atoms with E-state index in [1.54, 1.807) is 13.2 Å². The highest BCUT2D eigenvalue weighted by molar-refractivity contribution is 5.79. The van der Waals surface area contributed by atoms with Crippen LogP contribution in [0.1, 0.15) is 16.7 Å². The molecule has 0 unspecified atom stereocenters. The van der Waals surface area contributed by atoms with E-state index < -0.39 is 0 Å². The Labute approximate surface area is 126 Å². The quantitative estimate of drug-likeness (QED) is 0.653. The normalized spacial score (nSPS) is 11.2. The van der Waals surface area contributed by atoms with Gasteiger partial charge in [0.25, 0.3) is 0 Å². The minimum Gasteiger partial charge on any atom is -0.356 e.